The molecule has 0 aromatic heterocycles. The SMILES string of the molecule is Cl.OCc1ccc(O)c(CO)c1. The summed E-state index contributed by atoms with van der Waals surface area (Å²) in [5, 5.41) is 26.5. The Morgan fingerprint density at radius 3 is 2.25 bits per heavy atom. The highest BCUT2D eigenvalue weighted by Crippen LogP contribution is 2.17. The molecule has 12 heavy (non-hydrogen) atoms. The number of rotatable bonds is 2. The summed E-state index contributed by atoms with van der Waals surface area (Å²) in [5.41, 5.74) is 1.13. The maximum Gasteiger partial charge on any atom is 0.121 e. The van der Waals surface area contributed by atoms with E-state index in [1.807, 2.05) is 0 Å². The first kappa shape index (κ1) is 11.2. The smallest absolute Gasteiger partial charge is 0.121 e. The highest BCUT2D eigenvalue weighted by atomic mass is 35.5. The molecule has 0 aliphatic heterocycles. The Kier molecular flexibility index (Phi) is 4.66. The molecule has 0 bridgehead atoms. The molecule has 0 unspecified atom stereocenters. The molecule has 0 fully saturated rings. The lowest BCUT2D eigenvalue weighted by molar-refractivity contribution is 0.271. The number of halogens is 1. The second-order valence-corrected chi connectivity index (χ2v) is 2.28. The van der Waals surface area contributed by atoms with Crippen LogP contribution in [0, 0.1) is 0 Å². The van der Waals surface area contributed by atoms with Crippen molar-refractivity contribution in [3.63, 3.8) is 0 Å². The fourth-order valence-corrected chi connectivity index (χ4v) is 0.864. The average Bonchev–Trinajstić information content (AvgIpc) is 2.05. The molecule has 0 spiro atoms. The lowest BCUT2D eigenvalue weighted by Crippen LogP contribution is -1.88. The molecule has 1 rings (SSSR count). The van der Waals surface area contributed by atoms with Gasteiger partial charge in [-0.05, 0) is 17.7 Å². The number of hydrogen-bond acceptors (Lipinski definition) is 3. The Morgan fingerprint density at radius 2 is 1.75 bits per heavy atom. The van der Waals surface area contributed by atoms with Crippen LogP contribution in [0.15, 0.2) is 18.2 Å². The van der Waals surface area contributed by atoms with Gasteiger partial charge in [-0.15, -0.1) is 12.4 Å². The second-order valence-electron chi connectivity index (χ2n) is 2.28. The molecule has 1 aromatic rings. The molecule has 68 valence electrons. The van der Waals surface area contributed by atoms with Gasteiger partial charge in [-0.3, -0.25) is 0 Å². The second kappa shape index (κ2) is 4.98. The first-order valence-corrected chi connectivity index (χ1v) is 3.30. The van der Waals surface area contributed by atoms with Gasteiger partial charge in [0.15, 0.2) is 0 Å². The van der Waals surface area contributed by atoms with Gasteiger partial charge < -0.3 is 15.3 Å². The van der Waals surface area contributed by atoms with Crippen LogP contribution in [-0.4, -0.2) is 15.3 Å². The van der Waals surface area contributed by atoms with Gasteiger partial charge in [-0.2, -0.15) is 0 Å². The minimum absolute atomic E-state index is 0. The van der Waals surface area contributed by atoms with Crippen LogP contribution in [0.3, 0.4) is 0 Å². The molecule has 3 N–H and O–H groups in total. The topological polar surface area (TPSA) is 60.7 Å². The van der Waals surface area contributed by atoms with Crippen LogP contribution in [-0.2, 0) is 13.2 Å². The van der Waals surface area contributed by atoms with Crippen molar-refractivity contribution in [2.24, 2.45) is 0 Å². The van der Waals surface area contributed by atoms with Crippen LogP contribution in [0.1, 0.15) is 11.1 Å². The average molecular weight is 191 g/mol. The molecule has 0 amide bonds. The molecule has 4 heteroatoms. The van der Waals surface area contributed by atoms with Crippen molar-refractivity contribution in [3.8, 4) is 5.75 Å². The van der Waals surface area contributed by atoms with E-state index in [0.29, 0.717) is 11.1 Å². The molecular formula is C8H11ClO3. The maximum atomic E-state index is 9.09. The van der Waals surface area contributed by atoms with Crippen LogP contribution < -0.4 is 0 Å². The Morgan fingerprint density at radius 1 is 1.08 bits per heavy atom. The first-order chi connectivity index (χ1) is 5.27. The standard InChI is InChI=1S/C8H10O3.ClH/c9-4-6-1-2-8(11)7(3-6)5-10;/h1-3,9-11H,4-5H2;1H. The van der Waals surface area contributed by atoms with E-state index in [-0.39, 0.29) is 31.4 Å². The van der Waals surface area contributed by atoms with E-state index >= 15 is 0 Å². The van der Waals surface area contributed by atoms with Crippen molar-refractivity contribution in [2.45, 2.75) is 13.2 Å². The van der Waals surface area contributed by atoms with E-state index in [2.05, 4.69) is 0 Å². The van der Waals surface area contributed by atoms with E-state index in [9.17, 15) is 0 Å². The first-order valence-electron chi connectivity index (χ1n) is 3.30. The van der Waals surface area contributed by atoms with Crippen LogP contribution in [0.2, 0.25) is 0 Å². The summed E-state index contributed by atoms with van der Waals surface area (Å²) in [7, 11) is 0. The highest BCUT2D eigenvalue weighted by molar-refractivity contribution is 5.85. The lowest BCUT2D eigenvalue weighted by atomic mass is 10.1. The Bertz CT molecular complexity index is 250. The summed E-state index contributed by atoms with van der Waals surface area (Å²) in [6.45, 7) is -0.285. The third kappa shape index (κ3) is 2.37. The molecule has 1 aromatic carbocycles. The molecule has 0 heterocycles. The van der Waals surface area contributed by atoms with E-state index in [1.54, 1.807) is 12.1 Å². The van der Waals surface area contributed by atoms with Crippen molar-refractivity contribution in [1.29, 1.82) is 0 Å². The van der Waals surface area contributed by atoms with Gasteiger partial charge in [0.25, 0.3) is 0 Å². The summed E-state index contributed by atoms with van der Waals surface area (Å²) in [6.07, 6.45) is 0. The van der Waals surface area contributed by atoms with Crippen LogP contribution >= 0.6 is 12.4 Å². The monoisotopic (exact) mass is 190 g/mol. The van der Waals surface area contributed by atoms with Gasteiger partial charge in [0.2, 0.25) is 0 Å². The van der Waals surface area contributed by atoms with Crippen molar-refractivity contribution in [1.82, 2.24) is 0 Å². The van der Waals surface area contributed by atoms with Crippen LogP contribution in [0.4, 0.5) is 0 Å². The molecular weight excluding hydrogens is 180 g/mol. The van der Waals surface area contributed by atoms with E-state index in [4.69, 9.17) is 15.3 Å². The molecule has 0 saturated carbocycles. The fourth-order valence-electron chi connectivity index (χ4n) is 0.864. The minimum atomic E-state index is -0.209. The quantitative estimate of drug-likeness (QED) is 0.647. The summed E-state index contributed by atoms with van der Waals surface area (Å²) in [6, 6.07) is 4.63. The predicted molar refractivity (Wildman–Crippen MR) is 47.2 cm³/mol. The van der Waals surface area contributed by atoms with Gasteiger partial charge in [-0.25, -0.2) is 0 Å². The number of aromatic hydroxyl groups is 1. The zero-order valence-electron chi connectivity index (χ0n) is 6.40. The molecule has 0 radical (unpaired) electrons. The molecule has 0 aliphatic rings. The van der Waals surface area contributed by atoms with Crippen molar-refractivity contribution >= 4 is 12.4 Å². The molecule has 0 atom stereocenters. The lowest BCUT2D eigenvalue weighted by Gasteiger charge is -2.02. The normalized spacial score (nSPS) is 9.17. The number of phenols is 1. The number of benzene rings is 1. The maximum absolute atomic E-state index is 9.09. The third-order valence-electron chi connectivity index (χ3n) is 1.50. The van der Waals surface area contributed by atoms with Gasteiger partial charge in [0.05, 0.1) is 13.2 Å². The van der Waals surface area contributed by atoms with E-state index < -0.39 is 0 Å². The zero-order chi connectivity index (χ0) is 8.27. The molecule has 0 aliphatic carbocycles. The highest BCUT2D eigenvalue weighted by Gasteiger charge is 1.99. The van der Waals surface area contributed by atoms with Crippen molar-refractivity contribution in [2.75, 3.05) is 0 Å². The number of aliphatic hydroxyl groups is 2. The van der Waals surface area contributed by atoms with Crippen molar-refractivity contribution < 1.29 is 15.3 Å². The molecule has 3 nitrogen and oxygen atoms in total. The number of aliphatic hydroxyl groups excluding tert-OH is 2. The van der Waals surface area contributed by atoms with Gasteiger partial charge >= 0.3 is 0 Å². The predicted octanol–water partition coefficient (Wildman–Crippen LogP) is 0.799. The van der Waals surface area contributed by atoms with Crippen LogP contribution in [0.25, 0.3) is 0 Å². The summed E-state index contributed by atoms with van der Waals surface area (Å²) in [5.74, 6) is 0.0599. The van der Waals surface area contributed by atoms with Crippen LogP contribution in [0.5, 0.6) is 5.75 Å². The minimum Gasteiger partial charge on any atom is -0.508 e. The Hall–Kier alpha value is -0.770. The summed E-state index contributed by atoms with van der Waals surface area (Å²) in [4.78, 5) is 0. The van der Waals surface area contributed by atoms with Gasteiger partial charge in [-0.1, -0.05) is 6.07 Å². The van der Waals surface area contributed by atoms with Gasteiger partial charge in [0.1, 0.15) is 5.75 Å². The third-order valence-corrected chi connectivity index (χ3v) is 1.50. The molecule has 0 saturated heterocycles. The Labute approximate surface area is 76.7 Å². The largest absolute Gasteiger partial charge is 0.508 e. The Balaban J connectivity index is 0.00000121. The zero-order valence-corrected chi connectivity index (χ0v) is 7.21. The number of hydrogen-bond donors (Lipinski definition) is 3. The van der Waals surface area contributed by atoms with E-state index in [1.165, 1.54) is 6.07 Å². The summed E-state index contributed by atoms with van der Waals surface area (Å²) >= 11 is 0. The summed E-state index contributed by atoms with van der Waals surface area (Å²) < 4.78 is 0. The fraction of sp³-hybridized carbons (Fsp3) is 0.250. The van der Waals surface area contributed by atoms with Crippen molar-refractivity contribution in [3.05, 3.63) is 29.3 Å². The van der Waals surface area contributed by atoms with E-state index in [0.717, 1.165) is 0 Å². The van der Waals surface area contributed by atoms with Gasteiger partial charge in [0, 0.05) is 5.56 Å².